The molecule has 1 amide bonds. The third-order valence-corrected chi connectivity index (χ3v) is 3.86. The summed E-state index contributed by atoms with van der Waals surface area (Å²) in [6.07, 6.45) is -2.07. The number of hydrogen-bond donors (Lipinski definition) is 2. The Labute approximate surface area is 142 Å². The molecule has 3 rings (SSSR count). The highest BCUT2D eigenvalue weighted by Gasteiger charge is 2.27. The van der Waals surface area contributed by atoms with Crippen molar-refractivity contribution in [2.45, 2.75) is 38.1 Å². The van der Waals surface area contributed by atoms with Crippen LogP contribution in [0.5, 0.6) is 0 Å². The van der Waals surface area contributed by atoms with Gasteiger partial charge in [0, 0.05) is 18.2 Å². The molecule has 0 unspecified atom stereocenters. The van der Waals surface area contributed by atoms with Gasteiger partial charge in [0.05, 0.1) is 6.61 Å². The van der Waals surface area contributed by atoms with Gasteiger partial charge in [-0.05, 0) is 30.0 Å². The maximum absolute atomic E-state index is 12.1. The van der Waals surface area contributed by atoms with Gasteiger partial charge in [0.1, 0.15) is 12.3 Å². The van der Waals surface area contributed by atoms with Crippen LogP contribution in [0.15, 0.2) is 30.3 Å². The molecule has 1 aliphatic rings. The molecule has 1 saturated carbocycles. The highest BCUT2D eigenvalue weighted by molar-refractivity contribution is 5.92. The first-order chi connectivity index (χ1) is 11.9. The smallest absolute Gasteiger partial charge is 0.367 e. The zero-order valence-electron chi connectivity index (χ0n) is 13.4. The molecule has 0 atom stereocenters. The first-order valence-electron chi connectivity index (χ1n) is 7.96. The molecule has 134 valence electrons. The summed E-state index contributed by atoms with van der Waals surface area (Å²) in [5, 5.41) is 9.66. The molecule has 1 aromatic carbocycles. The van der Waals surface area contributed by atoms with Crippen molar-refractivity contribution >= 4 is 5.91 Å². The maximum Gasteiger partial charge on any atom is 0.411 e. The molecule has 0 aliphatic heterocycles. The van der Waals surface area contributed by atoms with E-state index in [1.165, 1.54) is 0 Å². The van der Waals surface area contributed by atoms with E-state index in [9.17, 15) is 18.0 Å². The number of H-pyrrole nitrogens is 1. The molecule has 1 heterocycles. The summed E-state index contributed by atoms with van der Waals surface area (Å²) in [6.45, 7) is -1.06. The van der Waals surface area contributed by atoms with E-state index < -0.39 is 12.8 Å². The fourth-order valence-electron chi connectivity index (χ4n) is 2.37. The number of hydrogen-bond acceptors (Lipinski definition) is 3. The van der Waals surface area contributed by atoms with Gasteiger partial charge in [-0.2, -0.15) is 18.3 Å². The highest BCUT2D eigenvalue weighted by atomic mass is 19.4. The number of carbonyl (C=O) groups excluding carboxylic acids is 1. The number of halogens is 3. The second-order valence-corrected chi connectivity index (χ2v) is 6.09. The molecule has 1 fully saturated rings. The van der Waals surface area contributed by atoms with Crippen LogP contribution in [0.4, 0.5) is 13.2 Å². The SMILES string of the molecule is O=C(NCc1ccc(COCC(F)(F)F)cc1)c1cc(C2CC2)[nH]n1. The molecule has 5 nitrogen and oxygen atoms in total. The van der Waals surface area contributed by atoms with E-state index in [1.54, 1.807) is 30.3 Å². The molecule has 2 aromatic rings. The minimum absolute atomic E-state index is 0.108. The van der Waals surface area contributed by atoms with Crippen molar-refractivity contribution in [1.82, 2.24) is 15.5 Å². The van der Waals surface area contributed by atoms with E-state index in [0.29, 0.717) is 23.7 Å². The molecular weight excluding hydrogens is 335 g/mol. The first-order valence-corrected chi connectivity index (χ1v) is 7.96. The number of aromatic amines is 1. The fourth-order valence-corrected chi connectivity index (χ4v) is 2.37. The van der Waals surface area contributed by atoms with E-state index >= 15 is 0 Å². The number of rotatable bonds is 7. The van der Waals surface area contributed by atoms with Crippen LogP contribution < -0.4 is 5.32 Å². The Morgan fingerprint density at radius 1 is 1.24 bits per heavy atom. The van der Waals surface area contributed by atoms with Crippen LogP contribution >= 0.6 is 0 Å². The predicted octanol–water partition coefficient (Wildman–Crippen LogP) is 3.30. The zero-order chi connectivity index (χ0) is 17.9. The van der Waals surface area contributed by atoms with Crippen LogP contribution in [0, 0.1) is 0 Å². The van der Waals surface area contributed by atoms with Crippen LogP contribution in [0.25, 0.3) is 0 Å². The number of carbonyl (C=O) groups is 1. The lowest BCUT2D eigenvalue weighted by Gasteiger charge is -2.08. The molecule has 0 bridgehead atoms. The van der Waals surface area contributed by atoms with E-state index in [2.05, 4.69) is 20.3 Å². The number of nitrogens with one attached hydrogen (secondary N) is 2. The summed E-state index contributed by atoms with van der Waals surface area (Å²) in [4.78, 5) is 12.1. The lowest BCUT2D eigenvalue weighted by atomic mass is 10.1. The van der Waals surface area contributed by atoms with E-state index in [0.717, 1.165) is 24.1 Å². The minimum Gasteiger partial charge on any atom is -0.367 e. The van der Waals surface area contributed by atoms with Gasteiger partial charge in [0.25, 0.3) is 5.91 Å². The van der Waals surface area contributed by atoms with Crippen LogP contribution in [-0.4, -0.2) is 28.9 Å². The summed E-state index contributed by atoms with van der Waals surface area (Å²) in [5.41, 5.74) is 2.83. The van der Waals surface area contributed by atoms with Crippen LogP contribution in [0.3, 0.4) is 0 Å². The topological polar surface area (TPSA) is 67.0 Å². The van der Waals surface area contributed by atoms with Crippen molar-refractivity contribution in [2.24, 2.45) is 0 Å². The molecule has 1 aromatic heterocycles. The lowest BCUT2D eigenvalue weighted by Crippen LogP contribution is -2.23. The Hall–Kier alpha value is -2.35. The molecule has 8 heteroatoms. The average Bonchev–Trinajstić information content (AvgIpc) is 3.30. The van der Waals surface area contributed by atoms with Crippen molar-refractivity contribution in [3.63, 3.8) is 0 Å². The third-order valence-electron chi connectivity index (χ3n) is 3.86. The van der Waals surface area contributed by atoms with Gasteiger partial charge in [0.15, 0.2) is 0 Å². The quantitative estimate of drug-likeness (QED) is 0.803. The minimum atomic E-state index is -4.32. The second kappa shape index (κ2) is 7.26. The van der Waals surface area contributed by atoms with Gasteiger partial charge < -0.3 is 10.1 Å². The molecule has 1 aliphatic carbocycles. The summed E-state index contributed by atoms with van der Waals surface area (Å²) < 4.78 is 40.6. The lowest BCUT2D eigenvalue weighted by molar-refractivity contribution is -0.176. The number of alkyl halides is 3. The standard InChI is InChI=1S/C17H18F3N3O2/c18-17(19,20)10-25-9-12-3-1-11(2-4-12)8-21-16(24)15-7-14(22-23-15)13-5-6-13/h1-4,7,13H,5-6,8-10H2,(H,21,24)(H,22,23). The van der Waals surface area contributed by atoms with E-state index in [4.69, 9.17) is 0 Å². The number of ether oxygens (including phenoxy) is 1. The van der Waals surface area contributed by atoms with Gasteiger partial charge in [-0.3, -0.25) is 9.89 Å². The largest absolute Gasteiger partial charge is 0.411 e. The average molecular weight is 353 g/mol. The van der Waals surface area contributed by atoms with Crippen LogP contribution in [0.1, 0.15) is 46.1 Å². The summed E-state index contributed by atoms with van der Waals surface area (Å²) in [5.74, 6) is 0.238. The number of aromatic nitrogens is 2. The van der Waals surface area contributed by atoms with Crippen molar-refractivity contribution in [3.05, 3.63) is 52.8 Å². The Bertz CT molecular complexity index is 721. The van der Waals surface area contributed by atoms with E-state index in [1.807, 2.05) is 0 Å². The van der Waals surface area contributed by atoms with Gasteiger partial charge in [-0.25, -0.2) is 0 Å². The van der Waals surface area contributed by atoms with Gasteiger partial charge in [0.2, 0.25) is 0 Å². The number of nitrogens with zero attached hydrogens (tertiary/aromatic N) is 1. The van der Waals surface area contributed by atoms with Crippen molar-refractivity contribution in [3.8, 4) is 0 Å². The van der Waals surface area contributed by atoms with Crippen molar-refractivity contribution in [2.75, 3.05) is 6.61 Å². The van der Waals surface area contributed by atoms with Gasteiger partial charge in [-0.1, -0.05) is 24.3 Å². The molecule has 0 saturated heterocycles. The normalized spacial score (nSPS) is 14.5. The van der Waals surface area contributed by atoms with Gasteiger partial charge >= 0.3 is 6.18 Å². The van der Waals surface area contributed by atoms with Crippen molar-refractivity contribution in [1.29, 1.82) is 0 Å². The maximum atomic E-state index is 12.1. The predicted molar refractivity (Wildman–Crippen MR) is 83.9 cm³/mol. The third kappa shape index (κ3) is 5.32. The number of amides is 1. The van der Waals surface area contributed by atoms with E-state index in [-0.39, 0.29) is 12.5 Å². The Morgan fingerprint density at radius 2 is 1.92 bits per heavy atom. The first kappa shape index (κ1) is 17.5. The number of benzene rings is 1. The highest BCUT2D eigenvalue weighted by Crippen LogP contribution is 2.38. The Balaban J connectivity index is 1.45. The summed E-state index contributed by atoms with van der Waals surface area (Å²) >= 11 is 0. The monoisotopic (exact) mass is 353 g/mol. The Kier molecular flexibility index (Phi) is 5.08. The molecular formula is C17H18F3N3O2. The molecule has 2 N–H and O–H groups in total. The fraction of sp³-hybridized carbons (Fsp3) is 0.412. The Morgan fingerprint density at radius 3 is 2.56 bits per heavy atom. The molecule has 0 radical (unpaired) electrons. The molecule has 0 spiro atoms. The zero-order valence-corrected chi connectivity index (χ0v) is 13.4. The summed E-state index contributed by atoms with van der Waals surface area (Å²) in [6, 6.07) is 8.61. The van der Waals surface area contributed by atoms with Gasteiger partial charge in [-0.15, -0.1) is 0 Å². The summed E-state index contributed by atoms with van der Waals surface area (Å²) in [7, 11) is 0. The molecule has 25 heavy (non-hydrogen) atoms. The van der Waals surface area contributed by atoms with Crippen LogP contribution in [-0.2, 0) is 17.9 Å². The van der Waals surface area contributed by atoms with Crippen LogP contribution in [0.2, 0.25) is 0 Å². The van der Waals surface area contributed by atoms with Crippen molar-refractivity contribution < 1.29 is 22.7 Å². The second-order valence-electron chi connectivity index (χ2n) is 6.09.